The summed E-state index contributed by atoms with van der Waals surface area (Å²) >= 11 is 0. The molecule has 0 saturated heterocycles. The minimum absolute atomic E-state index is 0.0145. The molecule has 0 aliphatic heterocycles. The summed E-state index contributed by atoms with van der Waals surface area (Å²) in [4.78, 5) is 58.0. The van der Waals surface area contributed by atoms with Crippen LogP contribution in [0.5, 0.6) is 0 Å². The summed E-state index contributed by atoms with van der Waals surface area (Å²) in [5.41, 5.74) is 5.53. The van der Waals surface area contributed by atoms with Gasteiger partial charge in [0.2, 0.25) is 17.7 Å². The number of aliphatic hydroxyl groups excluding tert-OH is 1. The zero-order chi connectivity index (χ0) is 22.7. The molecule has 0 heterocycles. The van der Waals surface area contributed by atoms with Crippen LogP contribution in [0.4, 0.5) is 0 Å². The second kappa shape index (κ2) is 12.7. The zero-order valence-electron chi connectivity index (χ0n) is 16.7. The normalized spacial score (nSPS) is 15.0. The Morgan fingerprint density at radius 3 is 1.86 bits per heavy atom. The molecule has 0 rings (SSSR count). The molecule has 12 heteroatoms. The Morgan fingerprint density at radius 1 is 0.862 bits per heavy atom. The highest BCUT2D eigenvalue weighted by Crippen LogP contribution is 2.05. The van der Waals surface area contributed by atoms with Crippen LogP contribution in [-0.2, 0) is 24.0 Å². The number of carboxylic acid groups (broad SMARTS) is 2. The van der Waals surface area contributed by atoms with Gasteiger partial charge in [-0.25, -0.2) is 4.79 Å². The van der Waals surface area contributed by atoms with E-state index in [2.05, 4.69) is 16.0 Å². The van der Waals surface area contributed by atoms with Crippen LogP contribution >= 0.6 is 0 Å². The first-order chi connectivity index (χ1) is 13.4. The summed E-state index contributed by atoms with van der Waals surface area (Å²) in [7, 11) is 0. The minimum atomic E-state index is -1.42. The standard InChI is InChI=1S/C17H30N4O8/c1-8(2)6-11(17(28)29)20-14(25)9(3)19-16(27)12(7-22)21-15(26)10(18)4-5-13(23)24/h8-12,22H,4-7,18H2,1-3H3,(H,19,27)(H,20,25)(H,21,26)(H,23,24)(H,28,29). The van der Waals surface area contributed by atoms with Crippen LogP contribution < -0.4 is 21.7 Å². The summed E-state index contributed by atoms with van der Waals surface area (Å²) in [6.45, 7) is 4.12. The highest BCUT2D eigenvalue weighted by molar-refractivity contribution is 5.94. The largest absolute Gasteiger partial charge is 0.481 e. The maximum atomic E-state index is 12.2. The van der Waals surface area contributed by atoms with Gasteiger partial charge < -0.3 is 37.0 Å². The second-order valence-corrected chi connectivity index (χ2v) is 7.04. The number of nitrogens with two attached hydrogens (primary N) is 1. The van der Waals surface area contributed by atoms with Crippen LogP contribution in [0.3, 0.4) is 0 Å². The smallest absolute Gasteiger partial charge is 0.326 e. The van der Waals surface area contributed by atoms with E-state index in [-0.39, 0.29) is 25.2 Å². The number of hydrogen-bond donors (Lipinski definition) is 7. The van der Waals surface area contributed by atoms with Gasteiger partial charge in [-0.15, -0.1) is 0 Å². The van der Waals surface area contributed by atoms with Crippen LogP contribution in [-0.4, -0.2) is 75.8 Å². The van der Waals surface area contributed by atoms with E-state index in [1.165, 1.54) is 6.92 Å². The van der Waals surface area contributed by atoms with Crippen molar-refractivity contribution in [1.29, 1.82) is 0 Å². The zero-order valence-corrected chi connectivity index (χ0v) is 16.7. The van der Waals surface area contributed by atoms with Gasteiger partial charge in [0.25, 0.3) is 0 Å². The third-order valence-electron chi connectivity index (χ3n) is 3.90. The number of carbonyl (C=O) groups is 5. The van der Waals surface area contributed by atoms with E-state index in [9.17, 15) is 29.1 Å². The molecular formula is C17H30N4O8. The molecule has 0 aromatic rings. The molecule has 4 unspecified atom stereocenters. The molecule has 3 amide bonds. The summed E-state index contributed by atoms with van der Waals surface area (Å²) in [5.74, 6) is -4.79. The molecule has 0 aliphatic rings. The molecule has 0 fully saturated rings. The topological polar surface area (TPSA) is 208 Å². The summed E-state index contributed by atoms with van der Waals surface area (Å²) in [5, 5.41) is 33.8. The first-order valence-corrected chi connectivity index (χ1v) is 9.11. The lowest BCUT2D eigenvalue weighted by Crippen LogP contribution is -2.57. The van der Waals surface area contributed by atoms with Crippen LogP contribution in [0.25, 0.3) is 0 Å². The van der Waals surface area contributed by atoms with Gasteiger partial charge >= 0.3 is 11.9 Å². The number of carboxylic acids is 2. The monoisotopic (exact) mass is 418 g/mol. The Hall–Kier alpha value is -2.73. The maximum absolute atomic E-state index is 12.2. The third kappa shape index (κ3) is 10.4. The lowest BCUT2D eigenvalue weighted by molar-refractivity contribution is -0.142. The molecular weight excluding hydrogens is 388 g/mol. The average Bonchev–Trinajstić information content (AvgIpc) is 2.62. The number of rotatable bonds is 13. The van der Waals surface area contributed by atoms with E-state index in [0.717, 1.165) is 0 Å². The Bertz CT molecular complexity index is 610. The van der Waals surface area contributed by atoms with Crippen molar-refractivity contribution in [1.82, 2.24) is 16.0 Å². The first-order valence-electron chi connectivity index (χ1n) is 9.11. The summed E-state index contributed by atoms with van der Waals surface area (Å²) < 4.78 is 0. The predicted octanol–water partition coefficient (Wildman–Crippen LogP) is -2.22. The molecule has 8 N–H and O–H groups in total. The molecule has 4 atom stereocenters. The van der Waals surface area contributed by atoms with E-state index in [4.69, 9.17) is 15.9 Å². The molecule has 0 aromatic heterocycles. The highest BCUT2D eigenvalue weighted by Gasteiger charge is 2.28. The van der Waals surface area contributed by atoms with Crippen LogP contribution in [0.1, 0.15) is 40.0 Å². The van der Waals surface area contributed by atoms with Gasteiger partial charge in [-0.1, -0.05) is 13.8 Å². The lowest BCUT2D eigenvalue weighted by atomic mass is 10.0. The van der Waals surface area contributed by atoms with Crippen molar-refractivity contribution in [3.8, 4) is 0 Å². The van der Waals surface area contributed by atoms with Gasteiger partial charge in [-0.05, 0) is 25.7 Å². The van der Waals surface area contributed by atoms with Gasteiger partial charge in [-0.3, -0.25) is 19.2 Å². The van der Waals surface area contributed by atoms with E-state index in [1.807, 2.05) is 0 Å². The van der Waals surface area contributed by atoms with E-state index in [1.54, 1.807) is 13.8 Å². The molecule has 0 radical (unpaired) electrons. The fraction of sp³-hybridized carbons (Fsp3) is 0.706. The number of nitrogens with one attached hydrogen (secondary N) is 3. The van der Waals surface area contributed by atoms with Crippen LogP contribution in [0.2, 0.25) is 0 Å². The number of hydrogen-bond acceptors (Lipinski definition) is 7. The van der Waals surface area contributed by atoms with Crippen molar-refractivity contribution >= 4 is 29.7 Å². The van der Waals surface area contributed by atoms with Crippen molar-refractivity contribution in [2.45, 2.75) is 64.2 Å². The molecule has 166 valence electrons. The molecule has 0 bridgehead atoms. The van der Waals surface area contributed by atoms with Gasteiger partial charge in [0, 0.05) is 6.42 Å². The Kier molecular flexibility index (Phi) is 11.5. The quantitative estimate of drug-likeness (QED) is 0.172. The van der Waals surface area contributed by atoms with Crippen LogP contribution in [0, 0.1) is 5.92 Å². The average molecular weight is 418 g/mol. The SMILES string of the molecule is CC(C)CC(NC(=O)C(C)NC(=O)C(CO)NC(=O)C(N)CCC(=O)O)C(=O)O. The number of amides is 3. The molecule has 29 heavy (non-hydrogen) atoms. The number of aliphatic carboxylic acids is 2. The molecule has 0 spiro atoms. The van der Waals surface area contributed by atoms with Crippen LogP contribution in [0.15, 0.2) is 0 Å². The van der Waals surface area contributed by atoms with E-state index < -0.39 is 60.4 Å². The van der Waals surface area contributed by atoms with Gasteiger partial charge in [0.05, 0.1) is 12.6 Å². The Labute approximate surface area is 168 Å². The van der Waals surface area contributed by atoms with Crippen molar-refractivity contribution in [2.75, 3.05) is 6.61 Å². The van der Waals surface area contributed by atoms with Crippen molar-refractivity contribution in [3.63, 3.8) is 0 Å². The summed E-state index contributed by atoms with van der Waals surface area (Å²) in [6, 6.07) is -4.87. The third-order valence-corrected chi connectivity index (χ3v) is 3.90. The molecule has 12 nitrogen and oxygen atoms in total. The minimum Gasteiger partial charge on any atom is -0.481 e. The maximum Gasteiger partial charge on any atom is 0.326 e. The lowest BCUT2D eigenvalue weighted by Gasteiger charge is -2.22. The fourth-order valence-corrected chi connectivity index (χ4v) is 2.25. The van der Waals surface area contributed by atoms with E-state index >= 15 is 0 Å². The molecule has 0 saturated carbocycles. The second-order valence-electron chi connectivity index (χ2n) is 7.04. The highest BCUT2D eigenvalue weighted by atomic mass is 16.4. The van der Waals surface area contributed by atoms with Gasteiger partial charge in [0.15, 0.2) is 0 Å². The van der Waals surface area contributed by atoms with Crippen molar-refractivity contribution in [3.05, 3.63) is 0 Å². The van der Waals surface area contributed by atoms with Gasteiger partial charge in [-0.2, -0.15) is 0 Å². The number of aliphatic hydroxyl groups is 1. The molecule has 0 aliphatic carbocycles. The van der Waals surface area contributed by atoms with E-state index in [0.29, 0.717) is 0 Å². The van der Waals surface area contributed by atoms with Crippen molar-refractivity contribution in [2.24, 2.45) is 11.7 Å². The number of carbonyl (C=O) groups excluding carboxylic acids is 3. The molecule has 0 aromatic carbocycles. The predicted molar refractivity (Wildman–Crippen MR) is 100 cm³/mol. The fourth-order valence-electron chi connectivity index (χ4n) is 2.25. The van der Waals surface area contributed by atoms with Crippen molar-refractivity contribution < 1.29 is 39.3 Å². The Morgan fingerprint density at radius 2 is 1.41 bits per heavy atom. The first kappa shape index (κ1) is 26.3. The summed E-state index contributed by atoms with van der Waals surface area (Å²) in [6.07, 6.45) is -0.305. The van der Waals surface area contributed by atoms with Gasteiger partial charge in [0.1, 0.15) is 18.1 Å². The Balaban J connectivity index is 4.78.